The number of aliphatic carboxylic acids is 1. The van der Waals surface area contributed by atoms with Crippen LogP contribution in [-0.2, 0) is 20.8 Å². The van der Waals surface area contributed by atoms with Gasteiger partial charge in [0.15, 0.2) is 0 Å². The third kappa shape index (κ3) is 6.76. The first-order valence-electron chi connectivity index (χ1n) is 7.73. The largest absolute Gasteiger partial charge is 0.480 e. The highest BCUT2D eigenvalue weighted by Crippen LogP contribution is 2.09. The van der Waals surface area contributed by atoms with Crippen molar-refractivity contribution in [3.8, 4) is 0 Å². The Morgan fingerprint density at radius 1 is 1.17 bits per heavy atom. The number of halogens is 1. The van der Waals surface area contributed by atoms with Gasteiger partial charge in [0.25, 0.3) is 0 Å². The molecule has 0 aliphatic rings. The van der Waals surface area contributed by atoms with Crippen molar-refractivity contribution in [1.29, 1.82) is 0 Å². The Labute approximate surface area is 140 Å². The fourth-order valence-corrected chi connectivity index (χ4v) is 2.32. The molecule has 0 radical (unpaired) electrons. The molecule has 3 N–H and O–H groups in total. The van der Waals surface area contributed by atoms with E-state index in [4.69, 9.17) is 0 Å². The summed E-state index contributed by atoms with van der Waals surface area (Å²) in [6, 6.07) is 3.67. The average Bonchev–Trinajstić information content (AvgIpc) is 2.44. The van der Waals surface area contributed by atoms with Crippen LogP contribution in [0.25, 0.3) is 0 Å². The summed E-state index contributed by atoms with van der Waals surface area (Å²) in [6.07, 6.45) is 0.338. The predicted molar refractivity (Wildman–Crippen MR) is 86.7 cm³/mol. The van der Waals surface area contributed by atoms with E-state index < -0.39 is 35.7 Å². The molecule has 0 aliphatic carbocycles. The molecule has 0 saturated heterocycles. The molecule has 2 atom stereocenters. The van der Waals surface area contributed by atoms with Gasteiger partial charge in [0.1, 0.15) is 17.9 Å². The van der Waals surface area contributed by atoms with Gasteiger partial charge in [0, 0.05) is 13.3 Å². The van der Waals surface area contributed by atoms with Crippen molar-refractivity contribution in [2.75, 3.05) is 0 Å². The quantitative estimate of drug-likeness (QED) is 0.669. The van der Waals surface area contributed by atoms with Gasteiger partial charge >= 0.3 is 5.97 Å². The first-order chi connectivity index (χ1) is 11.2. The molecule has 0 bridgehead atoms. The predicted octanol–water partition coefficient (Wildman–Crippen LogP) is 1.49. The lowest BCUT2D eigenvalue weighted by Gasteiger charge is -2.22. The molecule has 0 unspecified atom stereocenters. The number of carbonyl (C=O) groups is 3. The normalized spacial score (nSPS) is 13.2. The summed E-state index contributed by atoms with van der Waals surface area (Å²) in [5.41, 5.74) is 0.527. The summed E-state index contributed by atoms with van der Waals surface area (Å²) in [4.78, 5) is 35.0. The van der Waals surface area contributed by atoms with Gasteiger partial charge < -0.3 is 15.7 Å². The Bertz CT molecular complexity index is 604. The number of carboxylic acid groups (broad SMARTS) is 1. The minimum Gasteiger partial charge on any atom is -0.480 e. The highest BCUT2D eigenvalue weighted by atomic mass is 19.1. The first kappa shape index (κ1) is 19.6. The van der Waals surface area contributed by atoms with E-state index in [2.05, 4.69) is 10.6 Å². The second kappa shape index (κ2) is 9.00. The van der Waals surface area contributed by atoms with E-state index in [-0.39, 0.29) is 18.8 Å². The zero-order valence-corrected chi connectivity index (χ0v) is 14.0. The Hall–Kier alpha value is -2.44. The van der Waals surface area contributed by atoms with Crippen molar-refractivity contribution in [2.45, 2.75) is 45.7 Å². The number of benzene rings is 1. The summed E-state index contributed by atoms with van der Waals surface area (Å²) < 4.78 is 13.3. The van der Waals surface area contributed by atoms with E-state index in [0.29, 0.717) is 5.56 Å². The van der Waals surface area contributed by atoms with Crippen LogP contribution < -0.4 is 10.6 Å². The second-order valence-corrected chi connectivity index (χ2v) is 6.12. The maximum absolute atomic E-state index is 13.3. The molecule has 1 rings (SSSR count). The Morgan fingerprint density at radius 2 is 1.83 bits per heavy atom. The number of hydrogen-bond acceptors (Lipinski definition) is 3. The van der Waals surface area contributed by atoms with Gasteiger partial charge in [-0.25, -0.2) is 9.18 Å². The van der Waals surface area contributed by atoms with Crippen LogP contribution in [0.2, 0.25) is 0 Å². The number of carboxylic acids is 1. The van der Waals surface area contributed by atoms with E-state index >= 15 is 0 Å². The van der Waals surface area contributed by atoms with Crippen LogP contribution in [0.5, 0.6) is 0 Å². The van der Waals surface area contributed by atoms with Gasteiger partial charge in [-0.05, 0) is 30.0 Å². The first-order valence-corrected chi connectivity index (χ1v) is 7.73. The van der Waals surface area contributed by atoms with Crippen LogP contribution in [0, 0.1) is 11.7 Å². The summed E-state index contributed by atoms with van der Waals surface area (Å²) in [5, 5.41) is 14.1. The molecule has 132 valence electrons. The molecular formula is C17H23FN2O4. The maximum Gasteiger partial charge on any atom is 0.326 e. The molecule has 2 amide bonds. The zero-order valence-electron chi connectivity index (χ0n) is 14.0. The van der Waals surface area contributed by atoms with Crippen LogP contribution in [0.3, 0.4) is 0 Å². The van der Waals surface area contributed by atoms with E-state index in [9.17, 15) is 23.9 Å². The molecule has 24 heavy (non-hydrogen) atoms. The maximum atomic E-state index is 13.3. The monoisotopic (exact) mass is 338 g/mol. The number of amides is 2. The van der Waals surface area contributed by atoms with Gasteiger partial charge in [-0.15, -0.1) is 0 Å². The summed E-state index contributed by atoms with van der Waals surface area (Å²) >= 11 is 0. The van der Waals surface area contributed by atoms with Gasteiger partial charge in [0.2, 0.25) is 11.8 Å². The number of nitrogens with one attached hydrogen (secondary N) is 2. The molecule has 0 fully saturated rings. The van der Waals surface area contributed by atoms with Crippen LogP contribution in [-0.4, -0.2) is 35.0 Å². The van der Waals surface area contributed by atoms with Crippen LogP contribution in [0.1, 0.15) is 32.8 Å². The third-order valence-corrected chi connectivity index (χ3v) is 3.34. The molecule has 1 aromatic carbocycles. The Balaban J connectivity index is 2.87. The summed E-state index contributed by atoms with van der Waals surface area (Å²) in [5.74, 6) is -2.54. The third-order valence-electron chi connectivity index (χ3n) is 3.34. The zero-order chi connectivity index (χ0) is 18.3. The number of rotatable bonds is 8. The molecule has 0 saturated carbocycles. The summed E-state index contributed by atoms with van der Waals surface area (Å²) in [7, 11) is 0. The molecular weight excluding hydrogens is 315 g/mol. The highest BCUT2D eigenvalue weighted by Gasteiger charge is 2.26. The lowest BCUT2D eigenvalue weighted by Crippen LogP contribution is -2.52. The average molecular weight is 338 g/mol. The van der Waals surface area contributed by atoms with Crippen molar-refractivity contribution < 1.29 is 23.9 Å². The van der Waals surface area contributed by atoms with Crippen LogP contribution in [0.4, 0.5) is 4.39 Å². The van der Waals surface area contributed by atoms with Crippen molar-refractivity contribution in [3.63, 3.8) is 0 Å². The van der Waals surface area contributed by atoms with Crippen LogP contribution in [0.15, 0.2) is 24.3 Å². The molecule has 0 spiro atoms. The highest BCUT2D eigenvalue weighted by molar-refractivity contribution is 5.90. The molecule has 7 heteroatoms. The van der Waals surface area contributed by atoms with Gasteiger partial charge in [0.05, 0.1) is 0 Å². The lowest BCUT2D eigenvalue weighted by molar-refractivity contribution is -0.142. The minimum absolute atomic E-state index is 0.0667. The molecule has 6 nitrogen and oxygen atoms in total. The lowest BCUT2D eigenvalue weighted by atomic mass is 10.0. The van der Waals surface area contributed by atoms with E-state index in [1.807, 2.05) is 13.8 Å². The Kier molecular flexibility index (Phi) is 7.35. The second-order valence-electron chi connectivity index (χ2n) is 6.12. The van der Waals surface area contributed by atoms with E-state index in [1.54, 1.807) is 6.07 Å². The van der Waals surface area contributed by atoms with Crippen LogP contribution >= 0.6 is 0 Å². The standard InChI is InChI=1S/C17H23FN2O4/c1-10(2)7-15(17(23)24)20-16(22)14(19-11(3)21)9-12-5-4-6-13(18)8-12/h4-6,8,10,14-15H,7,9H2,1-3H3,(H,19,21)(H,20,22)(H,23,24)/t14-,15+/m1/s1. The van der Waals surface area contributed by atoms with Gasteiger partial charge in [-0.1, -0.05) is 26.0 Å². The van der Waals surface area contributed by atoms with Crippen molar-refractivity contribution in [1.82, 2.24) is 10.6 Å². The van der Waals surface area contributed by atoms with Gasteiger partial charge in [-0.3, -0.25) is 9.59 Å². The minimum atomic E-state index is -1.13. The molecule has 0 aliphatic heterocycles. The number of carbonyl (C=O) groups excluding carboxylic acids is 2. The molecule has 0 heterocycles. The van der Waals surface area contributed by atoms with Crippen molar-refractivity contribution in [3.05, 3.63) is 35.6 Å². The van der Waals surface area contributed by atoms with Crippen molar-refractivity contribution >= 4 is 17.8 Å². The molecule has 0 aromatic heterocycles. The SMILES string of the molecule is CC(=O)N[C@H](Cc1cccc(F)c1)C(=O)N[C@@H](CC(C)C)C(=O)O. The smallest absolute Gasteiger partial charge is 0.326 e. The Morgan fingerprint density at radius 3 is 2.33 bits per heavy atom. The fraction of sp³-hybridized carbons (Fsp3) is 0.471. The molecule has 1 aromatic rings. The summed E-state index contributed by atoms with van der Waals surface area (Å²) in [6.45, 7) is 4.95. The van der Waals surface area contributed by atoms with Crippen molar-refractivity contribution in [2.24, 2.45) is 5.92 Å². The van der Waals surface area contributed by atoms with E-state index in [1.165, 1.54) is 25.1 Å². The number of hydrogen-bond donors (Lipinski definition) is 3. The van der Waals surface area contributed by atoms with E-state index in [0.717, 1.165) is 0 Å². The fourth-order valence-electron chi connectivity index (χ4n) is 2.32. The topological polar surface area (TPSA) is 95.5 Å². The van der Waals surface area contributed by atoms with Gasteiger partial charge in [-0.2, -0.15) is 0 Å².